The van der Waals surface area contributed by atoms with E-state index in [9.17, 15) is 0 Å². The Kier molecular flexibility index (Phi) is 6.25. The van der Waals surface area contributed by atoms with E-state index in [1.54, 1.807) is 0 Å². The van der Waals surface area contributed by atoms with Gasteiger partial charge in [0.15, 0.2) is 0 Å². The lowest BCUT2D eigenvalue weighted by Gasteiger charge is -2.19. The van der Waals surface area contributed by atoms with Gasteiger partial charge in [-0.2, -0.15) is 0 Å². The van der Waals surface area contributed by atoms with Gasteiger partial charge in [-0.25, -0.2) is 0 Å². The molecule has 0 unspecified atom stereocenters. The van der Waals surface area contributed by atoms with Gasteiger partial charge in [0.2, 0.25) is 0 Å². The van der Waals surface area contributed by atoms with Crippen LogP contribution in [0.3, 0.4) is 0 Å². The molecule has 0 atom stereocenters. The molecule has 258 valence electrons. The topological polar surface area (TPSA) is 18.1 Å². The van der Waals surface area contributed by atoms with Crippen LogP contribution in [0.25, 0.3) is 104 Å². The molecule has 9 aromatic carbocycles. The van der Waals surface area contributed by atoms with Crippen molar-refractivity contribution < 1.29 is 4.42 Å². The predicted molar refractivity (Wildman–Crippen MR) is 236 cm³/mol. The maximum Gasteiger partial charge on any atom is 0.135 e. The molecule has 0 saturated carbocycles. The van der Waals surface area contributed by atoms with Crippen LogP contribution in [-0.4, -0.2) is 12.6 Å². The van der Waals surface area contributed by atoms with Crippen LogP contribution < -0.4 is 10.4 Å². The Bertz CT molecular complexity index is 3410. The summed E-state index contributed by atoms with van der Waals surface area (Å²) in [7, 11) is -1.93. The molecule has 0 bridgehead atoms. The van der Waals surface area contributed by atoms with Crippen molar-refractivity contribution in [3.63, 3.8) is 0 Å². The third-order valence-electron chi connectivity index (χ3n) is 12.4. The number of aromatic nitrogens is 1. The average Bonchev–Trinajstić information content (AvgIpc) is 3.85. The molecular formula is C52H35NOSi. The molecule has 0 saturated heterocycles. The molecule has 0 N–H and O–H groups in total. The molecule has 0 radical (unpaired) electrons. The maximum absolute atomic E-state index is 6.15. The highest BCUT2D eigenvalue weighted by molar-refractivity contribution is 7.04. The summed E-state index contributed by atoms with van der Waals surface area (Å²) >= 11 is 0. The smallest absolute Gasteiger partial charge is 0.135 e. The van der Waals surface area contributed by atoms with Gasteiger partial charge in [-0.15, -0.1) is 0 Å². The van der Waals surface area contributed by atoms with Gasteiger partial charge < -0.3 is 8.98 Å². The van der Waals surface area contributed by atoms with Gasteiger partial charge in [0.05, 0.1) is 11.0 Å². The summed E-state index contributed by atoms with van der Waals surface area (Å²) in [6, 6.07) is 65.2. The van der Waals surface area contributed by atoms with Crippen LogP contribution in [0.15, 0.2) is 180 Å². The van der Waals surface area contributed by atoms with Gasteiger partial charge in [0.1, 0.15) is 19.2 Å². The molecule has 2 nitrogen and oxygen atoms in total. The van der Waals surface area contributed by atoms with Crippen molar-refractivity contribution in [1.82, 2.24) is 4.57 Å². The van der Waals surface area contributed by atoms with Crippen LogP contribution in [0, 0.1) is 0 Å². The van der Waals surface area contributed by atoms with Crippen molar-refractivity contribution in [1.29, 1.82) is 0 Å². The quantitative estimate of drug-likeness (QED) is 0.166. The third kappa shape index (κ3) is 4.36. The Morgan fingerprint density at radius 2 is 1.05 bits per heavy atom. The second kappa shape index (κ2) is 11.2. The van der Waals surface area contributed by atoms with E-state index in [0.29, 0.717) is 0 Å². The van der Waals surface area contributed by atoms with Crippen molar-refractivity contribution >= 4 is 83.7 Å². The van der Waals surface area contributed by atoms with E-state index in [4.69, 9.17) is 4.42 Å². The summed E-state index contributed by atoms with van der Waals surface area (Å²) in [5, 5.41) is 13.0. The minimum Gasteiger partial charge on any atom is -0.456 e. The van der Waals surface area contributed by atoms with Gasteiger partial charge in [0, 0.05) is 27.2 Å². The summed E-state index contributed by atoms with van der Waals surface area (Å²) in [6.07, 6.45) is 0. The number of fused-ring (bicyclic) bond motifs is 12. The fourth-order valence-corrected chi connectivity index (χ4v) is 12.7. The number of rotatable bonds is 3. The first-order valence-electron chi connectivity index (χ1n) is 19.2. The second-order valence-electron chi connectivity index (χ2n) is 15.7. The lowest BCUT2D eigenvalue weighted by Crippen LogP contribution is -2.49. The summed E-state index contributed by atoms with van der Waals surface area (Å²) in [4.78, 5) is 0. The standard InChI is InChI=1S/C52H35NOSi/c1-55(2)50-26-22-36(39-15-9-11-32-10-3-4-12-38(32)39)30-45(50)52-42-31-37(23-18-33(42)21-27-51(52)55)53-46-16-7-5-13-40(46)43-28-34(19-24-47(43)53)35-20-25-49-44(29-35)41-14-6-8-17-48(41)54-49/h3-31H,1-2H3. The molecule has 11 aromatic rings. The van der Waals surface area contributed by atoms with Crippen LogP contribution >= 0.6 is 0 Å². The van der Waals surface area contributed by atoms with Crippen LogP contribution in [0.2, 0.25) is 13.1 Å². The summed E-state index contributed by atoms with van der Waals surface area (Å²) < 4.78 is 8.62. The molecule has 1 aliphatic rings. The first-order chi connectivity index (χ1) is 27.0. The molecular weight excluding hydrogens is 683 g/mol. The highest BCUT2D eigenvalue weighted by atomic mass is 28.3. The highest BCUT2D eigenvalue weighted by Gasteiger charge is 2.38. The molecule has 0 aliphatic carbocycles. The fourth-order valence-electron chi connectivity index (χ4n) is 9.68. The van der Waals surface area contributed by atoms with E-state index >= 15 is 0 Å². The number of benzene rings is 9. The lowest BCUT2D eigenvalue weighted by molar-refractivity contribution is 0.669. The van der Waals surface area contributed by atoms with Crippen molar-refractivity contribution in [2.45, 2.75) is 13.1 Å². The first kappa shape index (κ1) is 30.7. The monoisotopic (exact) mass is 717 g/mol. The Morgan fingerprint density at radius 1 is 0.400 bits per heavy atom. The molecule has 0 fully saturated rings. The van der Waals surface area contributed by atoms with Crippen molar-refractivity contribution in [3.05, 3.63) is 176 Å². The first-order valence-corrected chi connectivity index (χ1v) is 22.2. The zero-order valence-electron chi connectivity index (χ0n) is 30.6. The molecule has 3 heterocycles. The number of furan rings is 1. The number of hydrogen-bond acceptors (Lipinski definition) is 1. The van der Waals surface area contributed by atoms with Crippen LogP contribution in [0.1, 0.15) is 0 Å². The van der Waals surface area contributed by atoms with Gasteiger partial charge in [-0.05, 0) is 120 Å². The molecule has 3 heteroatoms. The van der Waals surface area contributed by atoms with E-state index in [2.05, 4.69) is 181 Å². The summed E-state index contributed by atoms with van der Waals surface area (Å²) in [5.41, 5.74) is 13.2. The Labute approximate surface area is 319 Å². The molecule has 1 aliphatic heterocycles. The third-order valence-corrected chi connectivity index (χ3v) is 15.9. The minimum atomic E-state index is -1.93. The Hall–Kier alpha value is -6.68. The largest absolute Gasteiger partial charge is 0.456 e. The fraction of sp³-hybridized carbons (Fsp3) is 0.0385. The second-order valence-corrected chi connectivity index (χ2v) is 20.0. The molecule has 0 amide bonds. The van der Waals surface area contributed by atoms with Crippen LogP contribution in [0.5, 0.6) is 0 Å². The minimum absolute atomic E-state index is 0.920. The summed E-state index contributed by atoms with van der Waals surface area (Å²) in [5.74, 6) is 0. The zero-order chi connectivity index (χ0) is 36.4. The van der Waals surface area contributed by atoms with Crippen molar-refractivity contribution in [2.75, 3.05) is 0 Å². The molecule has 2 aromatic heterocycles. The molecule has 55 heavy (non-hydrogen) atoms. The SMILES string of the molecule is C[Si]1(C)c2ccc(-c3cccc4ccccc34)cc2-c2c1ccc1ccc(-n3c4ccccc4c4cc(-c5ccc6oc7ccccc7c6c5)ccc43)cc21. The zero-order valence-corrected chi connectivity index (χ0v) is 31.6. The highest BCUT2D eigenvalue weighted by Crippen LogP contribution is 2.41. The normalized spacial score (nSPS) is 13.4. The molecule has 12 rings (SSSR count). The average molecular weight is 718 g/mol. The Balaban J connectivity index is 1.05. The number of hydrogen-bond donors (Lipinski definition) is 0. The van der Waals surface area contributed by atoms with Gasteiger partial charge in [0.25, 0.3) is 0 Å². The number of para-hydroxylation sites is 2. The van der Waals surface area contributed by atoms with E-state index in [-0.39, 0.29) is 0 Å². The predicted octanol–water partition coefficient (Wildman–Crippen LogP) is 13.1. The lowest BCUT2D eigenvalue weighted by atomic mass is 9.93. The van der Waals surface area contributed by atoms with Crippen molar-refractivity contribution in [2.24, 2.45) is 0 Å². The van der Waals surface area contributed by atoms with Gasteiger partial charge in [-0.1, -0.05) is 134 Å². The molecule has 0 spiro atoms. The van der Waals surface area contributed by atoms with Crippen LogP contribution in [-0.2, 0) is 0 Å². The number of nitrogens with zero attached hydrogens (tertiary/aromatic N) is 1. The maximum atomic E-state index is 6.15. The van der Waals surface area contributed by atoms with Gasteiger partial charge in [-0.3, -0.25) is 0 Å². The van der Waals surface area contributed by atoms with E-state index < -0.39 is 8.07 Å². The summed E-state index contributed by atoms with van der Waals surface area (Å²) in [6.45, 7) is 5.03. The van der Waals surface area contributed by atoms with Crippen molar-refractivity contribution in [3.8, 4) is 39.1 Å². The van der Waals surface area contributed by atoms with Crippen LogP contribution in [0.4, 0.5) is 0 Å². The van der Waals surface area contributed by atoms with E-state index in [0.717, 1.165) is 21.9 Å². The van der Waals surface area contributed by atoms with E-state index in [1.165, 1.54) is 92.8 Å². The van der Waals surface area contributed by atoms with Gasteiger partial charge >= 0.3 is 0 Å². The Morgan fingerprint density at radius 3 is 1.96 bits per heavy atom. The van der Waals surface area contributed by atoms with E-state index in [1.807, 2.05) is 12.1 Å².